The molecule has 0 bridgehead atoms. The highest BCUT2D eigenvalue weighted by Gasteiger charge is 1.89. The van der Waals surface area contributed by atoms with E-state index >= 15 is 0 Å². The van der Waals surface area contributed by atoms with Crippen LogP contribution in [-0.4, -0.2) is 0 Å². The van der Waals surface area contributed by atoms with Crippen molar-refractivity contribution >= 4 is 6.08 Å². The highest BCUT2D eigenvalue weighted by atomic mass is 19.1. The number of aryl methyl sites for hydroxylation is 1. The first-order chi connectivity index (χ1) is 7.61. The number of allylic oxidation sites excluding steroid dienone is 5. The maximum Gasteiger partial charge on any atom is 0.116 e. The highest BCUT2D eigenvalue weighted by molar-refractivity contribution is 5.55. The molecule has 1 heteroatoms. The molecule has 0 fully saturated rings. The first-order valence-electron chi connectivity index (χ1n) is 5.05. The zero-order valence-corrected chi connectivity index (χ0v) is 9.41. The van der Waals surface area contributed by atoms with Crippen LogP contribution in [0.1, 0.15) is 11.1 Å². The summed E-state index contributed by atoms with van der Waals surface area (Å²) in [6.45, 7) is 8.84. The van der Waals surface area contributed by atoms with Crippen LogP contribution in [0.2, 0.25) is 0 Å². The van der Waals surface area contributed by atoms with Gasteiger partial charge in [-0.15, -0.1) is 0 Å². The van der Waals surface area contributed by atoms with Gasteiger partial charge >= 0.3 is 0 Å². The molecule has 0 saturated carbocycles. The predicted octanol–water partition coefficient (Wildman–Crippen LogP) is 4.60. The molecule has 82 valence electrons. The molecule has 0 unspecified atom stereocenters. The van der Waals surface area contributed by atoms with Gasteiger partial charge in [-0.25, -0.2) is 4.39 Å². The van der Waals surface area contributed by atoms with Crippen LogP contribution in [0, 0.1) is 6.92 Å². The fourth-order valence-electron chi connectivity index (χ4n) is 1.23. The highest BCUT2D eigenvalue weighted by Crippen LogP contribution is 2.09. The topological polar surface area (TPSA) is 0 Å². The average molecular weight is 214 g/mol. The van der Waals surface area contributed by atoms with Crippen molar-refractivity contribution in [1.29, 1.82) is 0 Å². The van der Waals surface area contributed by atoms with E-state index in [-0.39, 0.29) is 0 Å². The molecule has 0 aliphatic heterocycles. The van der Waals surface area contributed by atoms with Crippen molar-refractivity contribution in [2.24, 2.45) is 0 Å². The van der Waals surface area contributed by atoms with Gasteiger partial charge in [0.15, 0.2) is 0 Å². The Kier molecular flexibility index (Phi) is 4.46. The largest absolute Gasteiger partial charge is 0.208 e. The smallest absolute Gasteiger partial charge is 0.116 e. The summed E-state index contributed by atoms with van der Waals surface area (Å²) in [6, 6.07) is 8.09. The minimum Gasteiger partial charge on any atom is -0.208 e. The van der Waals surface area contributed by atoms with Crippen molar-refractivity contribution < 1.29 is 4.39 Å². The molecule has 16 heavy (non-hydrogen) atoms. The number of hydrogen-bond donors (Lipinski definition) is 0. The Hall–Kier alpha value is -1.89. The van der Waals surface area contributed by atoms with Gasteiger partial charge in [-0.1, -0.05) is 61.2 Å². The van der Waals surface area contributed by atoms with E-state index in [1.807, 2.05) is 43.3 Å². The standard InChI is InChI=1S/C15H15F/c1-4-14(11-13(3)16)9-10-15-7-5-12(2)6-8-15/h4-11H,1,3H2,2H3/b10-9+,14-11+. The van der Waals surface area contributed by atoms with Gasteiger partial charge in [0.2, 0.25) is 0 Å². The van der Waals surface area contributed by atoms with E-state index in [2.05, 4.69) is 13.2 Å². The number of benzene rings is 1. The first-order valence-corrected chi connectivity index (χ1v) is 5.05. The molecule has 0 heterocycles. The lowest BCUT2D eigenvalue weighted by Crippen LogP contribution is -1.75. The van der Waals surface area contributed by atoms with Crippen molar-refractivity contribution in [3.63, 3.8) is 0 Å². The third kappa shape index (κ3) is 4.09. The molecule has 0 atom stereocenters. The molecule has 0 nitrogen and oxygen atoms in total. The van der Waals surface area contributed by atoms with Crippen LogP contribution in [0.25, 0.3) is 6.08 Å². The summed E-state index contributed by atoms with van der Waals surface area (Å²) in [4.78, 5) is 0. The van der Waals surface area contributed by atoms with Gasteiger partial charge in [-0.2, -0.15) is 0 Å². The van der Waals surface area contributed by atoms with Gasteiger partial charge in [0.25, 0.3) is 0 Å². The van der Waals surface area contributed by atoms with Crippen molar-refractivity contribution in [3.05, 3.63) is 78.2 Å². The monoisotopic (exact) mass is 214 g/mol. The van der Waals surface area contributed by atoms with Crippen LogP contribution in [0.3, 0.4) is 0 Å². The summed E-state index contributed by atoms with van der Waals surface area (Å²) in [6.07, 6.45) is 6.66. The van der Waals surface area contributed by atoms with E-state index in [0.29, 0.717) is 5.57 Å². The van der Waals surface area contributed by atoms with Crippen molar-refractivity contribution in [3.8, 4) is 0 Å². The van der Waals surface area contributed by atoms with E-state index in [0.717, 1.165) is 5.56 Å². The molecule has 0 aliphatic carbocycles. The molecule has 0 spiro atoms. The van der Waals surface area contributed by atoms with Crippen molar-refractivity contribution in [2.75, 3.05) is 0 Å². The van der Waals surface area contributed by atoms with E-state index in [1.165, 1.54) is 11.6 Å². The van der Waals surface area contributed by atoms with Gasteiger partial charge in [0, 0.05) is 0 Å². The third-order valence-electron chi connectivity index (χ3n) is 2.10. The Morgan fingerprint density at radius 3 is 2.38 bits per heavy atom. The van der Waals surface area contributed by atoms with E-state index in [1.54, 1.807) is 6.08 Å². The second-order valence-corrected chi connectivity index (χ2v) is 3.54. The summed E-state index contributed by atoms with van der Waals surface area (Å²) in [5, 5.41) is 0. The summed E-state index contributed by atoms with van der Waals surface area (Å²) >= 11 is 0. The van der Waals surface area contributed by atoms with E-state index in [4.69, 9.17) is 0 Å². The second kappa shape index (κ2) is 5.86. The third-order valence-corrected chi connectivity index (χ3v) is 2.10. The van der Waals surface area contributed by atoms with Crippen molar-refractivity contribution in [1.82, 2.24) is 0 Å². The molecular formula is C15H15F. The van der Waals surface area contributed by atoms with Crippen molar-refractivity contribution in [2.45, 2.75) is 6.92 Å². The maximum atomic E-state index is 12.6. The van der Waals surface area contributed by atoms with Crippen LogP contribution in [0.4, 0.5) is 4.39 Å². The fourth-order valence-corrected chi connectivity index (χ4v) is 1.23. The maximum absolute atomic E-state index is 12.6. The molecule has 0 saturated heterocycles. The lowest BCUT2D eigenvalue weighted by atomic mass is 10.1. The summed E-state index contributed by atoms with van der Waals surface area (Å²) in [7, 11) is 0. The molecule has 0 amide bonds. The summed E-state index contributed by atoms with van der Waals surface area (Å²) in [5.74, 6) is -0.469. The fraction of sp³-hybridized carbons (Fsp3) is 0.0667. The van der Waals surface area contributed by atoms with Crippen LogP contribution in [0.15, 0.2) is 67.1 Å². The predicted molar refractivity (Wildman–Crippen MR) is 68.7 cm³/mol. The normalized spacial score (nSPS) is 11.8. The Morgan fingerprint density at radius 1 is 1.25 bits per heavy atom. The lowest BCUT2D eigenvalue weighted by molar-refractivity contribution is 0.670. The molecule has 1 aromatic carbocycles. The molecule has 0 aliphatic rings. The number of rotatable bonds is 4. The van der Waals surface area contributed by atoms with Gasteiger partial charge < -0.3 is 0 Å². The molecule has 0 N–H and O–H groups in total. The van der Waals surface area contributed by atoms with Gasteiger partial charge in [0.1, 0.15) is 5.83 Å². The number of hydrogen-bond acceptors (Lipinski definition) is 0. The zero-order chi connectivity index (χ0) is 12.0. The lowest BCUT2D eigenvalue weighted by Gasteiger charge is -1.95. The Labute approximate surface area is 96.1 Å². The summed E-state index contributed by atoms with van der Waals surface area (Å²) in [5.41, 5.74) is 2.99. The van der Waals surface area contributed by atoms with Crippen LogP contribution >= 0.6 is 0 Å². The Morgan fingerprint density at radius 2 is 1.88 bits per heavy atom. The minimum atomic E-state index is -0.469. The van der Waals surface area contributed by atoms with Gasteiger partial charge in [-0.05, 0) is 24.1 Å². The first kappa shape index (κ1) is 12.2. The quantitative estimate of drug-likeness (QED) is 0.642. The minimum absolute atomic E-state index is 0.469. The van der Waals surface area contributed by atoms with E-state index < -0.39 is 5.83 Å². The SMILES string of the molecule is C=CC(/C=C/c1ccc(C)cc1)=C\C(=C)F. The summed E-state index contributed by atoms with van der Waals surface area (Å²) < 4.78 is 12.6. The molecule has 0 aromatic heterocycles. The molecule has 0 radical (unpaired) electrons. The Bertz CT molecular complexity index is 433. The average Bonchev–Trinajstić information content (AvgIpc) is 2.26. The van der Waals surface area contributed by atoms with Gasteiger partial charge in [0.05, 0.1) is 0 Å². The van der Waals surface area contributed by atoms with Crippen LogP contribution in [-0.2, 0) is 0 Å². The molecule has 1 aromatic rings. The zero-order valence-electron chi connectivity index (χ0n) is 9.41. The van der Waals surface area contributed by atoms with E-state index in [9.17, 15) is 4.39 Å². The second-order valence-electron chi connectivity index (χ2n) is 3.54. The van der Waals surface area contributed by atoms with Crippen LogP contribution < -0.4 is 0 Å². The number of halogens is 1. The van der Waals surface area contributed by atoms with Crippen LogP contribution in [0.5, 0.6) is 0 Å². The molecule has 1 rings (SSSR count). The Balaban J connectivity index is 2.83. The van der Waals surface area contributed by atoms with Gasteiger partial charge in [-0.3, -0.25) is 0 Å². The molecular weight excluding hydrogens is 199 g/mol.